The van der Waals surface area contributed by atoms with Gasteiger partial charge in [0.15, 0.2) is 0 Å². The first-order valence-electron chi connectivity index (χ1n) is 18.5. The van der Waals surface area contributed by atoms with E-state index in [1.807, 2.05) is 24.1 Å². The fourth-order valence-electron chi connectivity index (χ4n) is 9.95. The molecule has 48 heavy (non-hydrogen) atoms. The molecule has 3 aromatic carbocycles. The Morgan fingerprint density at radius 3 is 2.46 bits per heavy atom. The Morgan fingerprint density at radius 2 is 1.73 bits per heavy atom. The Kier molecular flexibility index (Phi) is 8.20. The van der Waals surface area contributed by atoms with E-state index in [9.17, 15) is 9.59 Å². The Morgan fingerprint density at radius 1 is 1.00 bits per heavy atom. The molecule has 0 radical (unpaired) electrons. The van der Waals surface area contributed by atoms with Crippen LogP contribution in [-0.4, -0.2) is 55.4 Å². The molecule has 7 rings (SSSR count). The van der Waals surface area contributed by atoms with Crippen molar-refractivity contribution in [2.24, 2.45) is 0 Å². The molecule has 5 heteroatoms. The van der Waals surface area contributed by atoms with Crippen LogP contribution >= 0.6 is 0 Å². The van der Waals surface area contributed by atoms with Crippen LogP contribution in [-0.2, 0) is 23.1 Å². The van der Waals surface area contributed by atoms with Gasteiger partial charge in [-0.2, -0.15) is 0 Å². The zero-order valence-electron chi connectivity index (χ0n) is 30.6. The van der Waals surface area contributed by atoms with E-state index in [1.54, 1.807) is 6.92 Å². The molecule has 5 nitrogen and oxygen atoms in total. The van der Waals surface area contributed by atoms with Crippen molar-refractivity contribution in [2.75, 3.05) is 38.1 Å². The topological polar surface area (TPSA) is 43.6 Å². The number of ketones is 1. The van der Waals surface area contributed by atoms with Gasteiger partial charge in [0, 0.05) is 72.7 Å². The van der Waals surface area contributed by atoms with Crippen molar-refractivity contribution >= 4 is 23.0 Å². The zero-order valence-corrected chi connectivity index (χ0v) is 30.6. The number of anilines is 1. The maximum Gasteiger partial charge on any atom is 0.254 e. The summed E-state index contributed by atoms with van der Waals surface area (Å²) in [5.41, 5.74) is 12.8. The number of Topliss-reactive ketones (excluding diaryl/α,β-unsaturated/α-hetero) is 1. The average Bonchev–Trinajstić information content (AvgIpc) is 3.04. The summed E-state index contributed by atoms with van der Waals surface area (Å²) in [4.78, 5) is 30.4. The smallest absolute Gasteiger partial charge is 0.254 e. The first-order valence-corrected chi connectivity index (χ1v) is 18.5. The van der Waals surface area contributed by atoms with Gasteiger partial charge in [-0.05, 0) is 122 Å². The molecular formula is C43H54N3O2+. The SMILES string of the molecule is CCN1c2cc3c(cc2C(C)CC1(C)C)C(c1ccccc1C(=O)N(C)CCCC(C)=O)=c1cc2c4c(c1C3(C)C)CCC[N+]=4CCC2. The molecule has 4 aliphatic rings. The second-order valence-corrected chi connectivity index (χ2v) is 16.2. The predicted molar refractivity (Wildman–Crippen MR) is 197 cm³/mol. The molecule has 3 heterocycles. The van der Waals surface area contributed by atoms with Crippen molar-refractivity contribution in [1.82, 2.24) is 9.48 Å². The number of aryl methyl sites for hydroxylation is 1. The molecule has 0 N–H and O–H groups in total. The fraction of sp³-hybridized carbons (Fsp3) is 0.512. The van der Waals surface area contributed by atoms with Crippen LogP contribution in [0.15, 0.2) is 42.5 Å². The van der Waals surface area contributed by atoms with Gasteiger partial charge in [-0.1, -0.05) is 39.0 Å². The van der Waals surface area contributed by atoms with E-state index in [0.29, 0.717) is 25.3 Å². The Labute approximate surface area is 287 Å². The maximum atomic E-state index is 14.3. The van der Waals surface area contributed by atoms with Gasteiger partial charge in [0.1, 0.15) is 18.9 Å². The van der Waals surface area contributed by atoms with Crippen molar-refractivity contribution in [1.29, 1.82) is 0 Å². The number of carbonyl (C=O) groups excluding carboxylic acids is 2. The lowest BCUT2D eigenvalue weighted by Crippen LogP contribution is -2.50. The van der Waals surface area contributed by atoms with E-state index in [0.717, 1.165) is 50.0 Å². The molecule has 252 valence electrons. The van der Waals surface area contributed by atoms with Crippen LogP contribution in [0.3, 0.4) is 0 Å². The highest BCUT2D eigenvalue weighted by Crippen LogP contribution is 2.50. The molecule has 1 unspecified atom stereocenters. The van der Waals surface area contributed by atoms with Gasteiger partial charge < -0.3 is 14.6 Å². The van der Waals surface area contributed by atoms with E-state index in [-0.39, 0.29) is 22.6 Å². The second-order valence-electron chi connectivity index (χ2n) is 16.2. The first kappa shape index (κ1) is 32.8. The molecule has 0 saturated heterocycles. The van der Waals surface area contributed by atoms with Gasteiger partial charge >= 0.3 is 0 Å². The Hall–Kier alpha value is -3.73. The van der Waals surface area contributed by atoms with E-state index < -0.39 is 0 Å². The van der Waals surface area contributed by atoms with Gasteiger partial charge in [0.2, 0.25) is 5.36 Å². The third kappa shape index (κ3) is 5.15. The summed E-state index contributed by atoms with van der Waals surface area (Å²) in [5.74, 6) is 0.611. The van der Waals surface area contributed by atoms with E-state index in [1.165, 1.54) is 68.1 Å². The van der Waals surface area contributed by atoms with Crippen LogP contribution in [0.25, 0.3) is 5.57 Å². The molecular weight excluding hydrogens is 590 g/mol. The van der Waals surface area contributed by atoms with Crippen LogP contribution in [0.4, 0.5) is 5.69 Å². The third-order valence-electron chi connectivity index (χ3n) is 12.0. The lowest BCUT2D eigenvalue weighted by molar-refractivity contribution is -0.117. The summed E-state index contributed by atoms with van der Waals surface area (Å²) in [6.07, 6.45) is 6.85. The first-order chi connectivity index (χ1) is 22.8. The van der Waals surface area contributed by atoms with Crippen molar-refractivity contribution in [3.05, 3.63) is 97.5 Å². The van der Waals surface area contributed by atoms with Gasteiger partial charge in [-0.25, -0.2) is 4.58 Å². The lowest BCUT2D eigenvalue weighted by atomic mass is 9.64. The number of carbonyl (C=O) groups is 2. The van der Waals surface area contributed by atoms with Gasteiger partial charge in [0.05, 0.1) is 0 Å². The molecule has 0 saturated carbocycles. The lowest BCUT2D eigenvalue weighted by Gasteiger charge is -2.48. The van der Waals surface area contributed by atoms with E-state index in [4.69, 9.17) is 0 Å². The average molecular weight is 645 g/mol. The standard InChI is InChI=1S/C43H54N3O2/c1-9-46-37-25-36-34(24-33(37)27(2)26-42(46,4)5)38(30-17-10-11-18-31(30)41(48)44(8)20-12-15-28(3)47)35-23-29-16-13-21-45-22-14-19-32(40(29)45)39(35)43(36,6)7/h10-11,17-18,23-25,27H,9,12-16,19-22,26H2,1-8H3/q+1. The van der Waals surface area contributed by atoms with Crippen molar-refractivity contribution in [2.45, 2.75) is 110 Å². The van der Waals surface area contributed by atoms with Crippen LogP contribution < -0.4 is 20.1 Å². The number of hydrogen-bond acceptors (Lipinski definition) is 3. The fourth-order valence-corrected chi connectivity index (χ4v) is 9.95. The molecule has 1 aliphatic carbocycles. The Balaban J connectivity index is 1.56. The van der Waals surface area contributed by atoms with Crippen LogP contribution in [0, 0.1) is 0 Å². The molecule has 1 amide bonds. The number of amides is 1. The van der Waals surface area contributed by atoms with Crippen molar-refractivity contribution in [3.8, 4) is 0 Å². The summed E-state index contributed by atoms with van der Waals surface area (Å²) >= 11 is 0. The number of nitrogens with zero attached hydrogens (tertiary/aromatic N) is 3. The normalized spacial score (nSPS) is 20.0. The van der Waals surface area contributed by atoms with Crippen LogP contribution in [0.2, 0.25) is 0 Å². The molecule has 0 bridgehead atoms. The minimum absolute atomic E-state index is 0.0188. The summed E-state index contributed by atoms with van der Waals surface area (Å²) in [7, 11) is 1.88. The minimum atomic E-state index is -0.208. The summed E-state index contributed by atoms with van der Waals surface area (Å²) < 4.78 is 2.66. The van der Waals surface area contributed by atoms with E-state index >= 15 is 0 Å². The highest BCUT2D eigenvalue weighted by Gasteiger charge is 2.42. The molecule has 3 aliphatic heterocycles. The highest BCUT2D eigenvalue weighted by molar-refractivity contribution is 6.02. The van der Waals surface area contributed by atoms with Crippen molar-refractivity contribution < 1.29 is 9.59 Å². The minimum Gasteiger partial charge on any atom is -0.366 e. The van der Waals surface area contributed by atoms with Gasteiger partial charge in [-0.3, -0.25) is 4.79 Å². The van der Waals surface area contributed by atoms with Gasteiger partial charge in [0.25, 0.3) is 5.91 Å². The molecule has 0 fully saturated rings. The summed E-state index contributed by atoms with van der Waals surface area (Å²) in [5, 5.41) is 2.82. The predicted octanol–water partition coefficient (Wildman–Crippen LogP) is 6.51. The number of rotatable bonds is 7. The number of fused-ring (bicyclic) bond motifs is 4. The summed E-state index contributed by atoms with van der Waals surface area (Å²) in [6.45, 7) is 19.8. The van der Waals surface area contributed by atoms with E-state index in [2.05, 4.69) is 81.3 Å². The third-order valence-corrected chi connectivity index (χ3v) is 12.0. The Bertz CT molecular complexity index is 1960. The number of benzene rings is 3. The zero-order chi connectivity index (χ0) is 34.1. The molecule has 3 aromatic rings. The van der Waals surface area contributed by atoms with Crippen molar-refractivity contribution in [3.63, 3.8) is 0 Å². The quantitative estimate of drug-likeness (QED) is 0.276. The summed E-state index contributed by atoms with van der Waals surface area (Å²) in [6, 6.07) is 15.9. The number of hydrogen-bond donors (Lipinski definition) is 0. The molecule has 1 atom stereocenters. The second kappa shape index (κ2) is 12.0. The van der Waals surface area contributed by atoms with Gasteiger partial charge in [-0.15, -0.1) is 0 Å². The monoisotopic (exact) mass is 644 g/mol. The molecule has 0 spiro atoms. The van der Waals surface area contributed by atoms with Crippen LogP contribution in [0.1, 0.15) is 136 Å². The largest absolute Gasteiger partial charge is 0.366 e. The van der Waals surface area contributed by atoms with Crippen LogP contribution in [0.5, 0.6) is 0 Å². The molecule has 0 aromatic heterocycles. The highest BCUT2D eigenvalue weighted by atomic mass is 16.2. The maximum absolute atomic E-state index is 14.3.